The highest BCUT2D eigenvalue weighted by Gasteiger charge is 2.46. The molecule has 1 fully saturated rings. The summed E-state index contributed by atoms with van der Waals surface area (Å²) in [6.45, 7) is 0.442. The van der Waals surface area contributed by atoms with Crippen LogP contribution >= 0.6 is 0 Å². The SMILES string of the molecule is CC(=O)O[C@H]1[C@H](O)[C@@H](CO)O[C@H](O)[C@H]1F. The topological polar surface area (TPSA) is 96.2 Å². The van der Waals surface area contributed by atoms with E-state index in [0.717, 1.165) is 6.92 Å². The fraction of sp³-hybridized carbons (Fsp3) is 0.875. The molecule has 0 aromatic carbocycles. The molecule has 0 aromatic heterocycles. The van der Waals surface area contributed by atoms with Crippen molar-refractivity contribution >= 4 is 5.97 Å². The van der Waals surface area contributed by atoms with Gasteiger partial charge in [0.2, 0.25) is 0 Å². The van der Waals surface area contributed by atoms with Crippen LogP contribution < -0.4 is 0 Å². The molecule has 0 saturated carbocycles. The molecule has 0 aliphatic carbocycles. The fourth-order valence-corrected chi connectivity index (χ4v) is 1.37. The van der Waals surface area contributed by atoms with Crippen molar-refractivity contribution in [2.45, 2.75) is 37.7 Å². The van der Waals surface area contributed by atoms with Gasteiger partial charge < -0.3 is 24.8 Å². The first kappa shape index (κ1) is 12.3. The molecule has 1 aliphatic heterocycles. The Morgan fingerprint density at radius 1 is 1.53 bits per heavy atom. The van der Waals surface area contributed by atoms with E-state index < -0.39 is 43.3 Å². The molecule has 0 bridgehead atoms. The van der Waals surface area contributed by atoms with Crippen molar-refractivity contribution in [3.63, 3.8) is 0 Å². The van der Waals surface area contributed by atoms with Crippen LogP contribution in [0.1, 0.15) is 6.92 Å². The van der Waals surface area contributed by atoms with Gasteiger partial charge in [0.25, 0.3) is 0 Å². The number of aliphatic hydroxyl groups excluding tert-OH is 3. The quantitative estimate of drug-likeness (QED) is 0.485. The van der Waals surface area contributed by atoms with Crippen molar-refractivity contribution in [1.29, 1.82) is 0 Å². The van der Waals surface area contributed by atoms with E-state index in [1.165, 1.54) is 0 Å². The van der Waals surface area contributed by atoms with Gasteiger partial charge in [-0.25, -0.2) is 4.39 Å². The molecule has 0 aromatic rings. The molecule has 5 atom stereocenters. The smallest absolute Gasteiger partial charge is 0.303 e. The van der Waals surface area contributed by atoms with Crippen molar-refractivity contribution in [3.8, 4) is 0 Å². The third-order valence-electron chi connectivity index (χ3n) is 2.10. The van der Waals surface area contributed by atoms with Crippen LogP contribution in [0.2, 0.25) is 0 Å². The van der Waals surface area contributed by atoms with E-state index in [1.54, 1.807) is 0 Å². The number of alkyl halides is 1. The first-order valence-corrected chi connectivity index (χ1v) is 4.41. The van der Waals surface area contributed by atoms with Crippen LogP contribution in [-0.4, -0.2) is 58.7 Å². The average molecular weight is 224 g/mol. The zero-order valence-electron chi connectivity index (χ0n) is 8.04. The third-order valence-corrected chi connectivity index (χ3v) is 2.10. The van der Waals surface area contributed by atoms with Gasteiger partial charge in [-0.05, 0) is 0 Å². The minimum absolute atomic E-state index is 0.608. The molecule has 0 unspecified atom stereocenters. The first-order valence-electron chi connectivity index (χ1n) is 4.41. The second kappa shape index (κ2) is 4.84. The van der Waals surface area contributed by atoms with Gasteiger partial charge in [-0.15, -0.1) is 0 Å². The Kier molecular flexibility index (Phi) is 3.97. The van der Waals surface area contributed by atoms with Crippen LogP contribution in [0, 0.1) is 0 Å². The molecule has 7 heteroatoms. The lowest BCUT2D eigenvalue weighted by atomic mass is 10.00. The summed E-state index contributed by atoms with van der Waals surface area (Å²) in [4.78, 5) is 10.6. The minimum Gasteiger partial charge on any atom is -0.456 e. The van der Waals surface area contributed by atoms with Gasteiger partial charge >= 0.3 is 5.97 Å². The summed E-state index contributed by atoms with van der Waals surface area (Å²) in [6, 6.07) is 0. The van der Waals surface area contributed by atoms with Crippen LogP contribution in [0.4, 0.5) is 4.39 Å². The van der Waals surface area contributed by atoms with Gasteiger partial charge in [-0.1, -0.05) is 0 Å². The van der Waals surface area contributed by atoms with E-state index in [1.807, 2.05) is 0 Å². The Hall–Kier alpha value is -0.760. The normalized spacial score (nSPS) is 41.3. The highest BCUT2D eigenvalue weighted by Crippen LogP contribution is 2.24. The van der Waals surface area contributed by atoms with Gasteiger partial charge in [-0.3, -0.25) is 4.79 Å². The molecule has 1 aliphatic rings. The molecule has 88 valence electrons. The maximum Gasteiger partial charge on any atom is 0.303 e. The molecule has 1 heterocycles. The molecule has 6 nitrogen and oxygen atoms in total. The molecule has 1 saturated heterocycles. The summed E-state index contributed by atoms with van der Waals surface area (Å²) in [7, 11) is 0. The highest BCUT2D eigenvalue weighted by atomic mass is 19.1. The summed E-state index contributed by atoms with van der Waals surface area (Å²) < 4.78 is 22.3. The Bertz CT molecular complexity index is 235. The van der Waals surface area contributed by atoms with Gasteiger partial charge in [0.05, 0.1) is 6.61 Å². The Morgan fingerprint density at radius 2 is 2.13 bits per heavy atom. The number of carbonyl (C=O) groups is 1. The molecular formula is C8H13FO6. The van der Waals surface area contributed by atoms with Crippen molar-refractivity contribution in [1.82, 2.24) is 0 Å². The lowest BCUT2D eigenvalue weighted by Gasteiger charge is -2.38. The predicted octanol–water partition coefficient (Wildman–Crippen LogP) is -1.67. The van der Waals surface area contributed by atoms with E-state index in [0.29, 0.717) is 0 Å². The van der Waals surface area contributed by atoms with E-state index in [2.05, 4.69) is 9.47 Å². The number of aliphatic hydroxyl groups is 3. The van der Waals surface area contributed by atoms with Crippen LogP contribution in [0.25, 0.3) is 0 Å². The van der Waals surface area contributed by atoms with Crippen LogP contribution in [-0.2, 0) is 14.3 Å². The lowest BCUT2D eigenvalue weighted by Crippen LogP contribution is -2.58. The van der Waals surface area contributed by atoms with Crippen LogP contribution in [0.5, 0.6) is 0 Å². The average Bonchev–Trinajstić information content (AvgIpc) is 2.18. The number of hydrogen-bond acceptors (Lipinski definition) is 6. The molecule has 0 amide bonds. The molecule has 0 spiro atoms. The number of rotatable bonds is 2. The Labute approximate surface area is 85.2 Å². The standard InChI is InChI=1S/C8H13FO6/c1-3(11)14-7-5(9)8(13)15-4(2-10)6(7)12/h4-8,10,12-13H,2H2,1H3/t4-,5+,6-,7-,8+/m1/s1. The van der Waals surface area contributed by atoms with Crippen LogP contribution in [0.3, 0.4) is 0 Å². The van der Waals surface area contributed by atoms with E-state index in [9.17, 15) is 14.3 Å². The monoisotopic (exact) mass is 224 g/mol. The molecule has 0 radical (unpaired) electrons. The van der Waals surface area contributed by atoms with Crippen molar-refractivity contribution in [3.05, 3.63) is 0 Å². The van der Waals surface area contributed by atoms with Crippen molar-refractivity contribution in [2.24, 2.45) is 0 Å². The lowest BCUT2D eigenvalue weighted by molar-refractivity contribution is -0.274. The van der Waals surface area contributed by atoms with Crippen molar-refractivity contribution < 1.29 is 34.0 Å². The van der Waals surface area contributed by atoms with E-state index >= 15 is 0 Å². The second-order valence-corrected chi connectivity index (χ2v) is 3.26. The van der Waals surface area contributed by atoms with Gasteiger partial charge in [0, 0.05) is 6.92 Å². The van der Waals surface area contributed by atoms with E-state index in [4.69, 9.17) is 10.2 Å². The summed E-state index contributed by atoms with van der Waals surface area (Å²) in [5.74, 6) is -0.785. The van der Waals surface area contributed by atoms with Gasteiger partial charge in [-0.2, -0.15) is 0 Å². The third kappa shape index (κ3) is 2.63. The number of hydrogen-bond donors (Lipinski definition) is 3. The summed E-state index contributed by atoms with van der Waals surface area (Å²) in [5.41, 5.74) is 0. The predicted molar refractivity (Wildman–Crippen MR) is 44.4 cm³/mol. The molecule has 3 N–H and O–H groups in total. The van der Waals surface area contributed by atoms with Gasteiger partial charge in [0.1, 0.15) is 12.2 Å². The summed E-state index contributed by atoms with van der Waals surface area (Å²) in [6.07, 6.45) is -8.06. The fourth-order valence-electron chi connectivity index (χ4n) is 1.37. The number of ether oxygens (including phenoxy) is 2. The van der Waals surface area contributed by atoms with Gasteiger partial charge in [0.15, 0.2) is 18.6 Å². The highest BCUT2D eigenvalue weighted by molar-refractivity contribution is 5.66. The zero-order chi connectivity index (χ0) is 11.6. The number of carbonyl (C=O) groups excluding carboxylic acids is 1. The molecular weight excluding hydrogens is 211 g/mol. The Morgan fingerprint density at radius 3 is 2.60 bits per heavy atom. The van der Waals surface area contributed by atoms with Crippen LogP contribution in [0.15, 0.2) is 0 Å². The maximum atomic E-state index is 13.3. The Balaban J connectivity index is 2.74. The first-order chi connectivity index (χ1) is 6.97. The molecule has 15 heavy (non-hydrogen) atoms. The second-order valence-electron chi connectivity index (χ2n) is 3.26. The zero-order valence-corrected chi connectivity index (χ0v) is 8.04. The maximum absolute atomic E-state index is 13.3. The van der Waals surface area contributed by atoms with Crippen molar-refractivity contribution in [2.75, 3.05) is 6.61 Å². The number of halogens is 1. The summed E-state index contributed by atoms with van der Waals surface area (Å²) in [5, 5.41) is 27.3. The summed E-state index contributed by atoms with van der Waals surface area (Å²) >= 11 is 0. The van der Waals surface area contributed by atoms with E-state index in [-0.39, 0.29) is 0 Å². The number of esters is 1. The minimum atomic E-state index is -2.04. The largest absolute Gasteiger partial charge is 0.456 e. The molecule has 1 rings (SSSR count).